The highest BCUT2D eigenvalue weighted by atomic mass is 14.7. The maximum Gasteiger partial charge on any atom is 0.0701 e. The van der Waals surface area contributed by atoms with Crippen molar-refractivity contribution >= 4 is 0 Å². The third-order valence-electron chi connectivity index (χ3n) is 1.88. The predicted molar refractivity (Wildman–Crippen MR) is 54.4 cm³/mol. The van der Waals surface area contributed by atoms with Crippen LogP contribution >= 0.6 is 0 Å². The number of aromatic nitrogens is 1. The molecule has 1 aromatic heterocycles. The smallest absolute Gasteiger partial charge is 0.0701 e. The van der Waals surface area contributed by atoms with Gasteiger partial charge in [-0.25, -0.2) is 0 Å². The molecule has 0 radical (unpaired) electrons. The summed E-state index contributed by atoms with van der Waals surface area (Å²) in [6.07, 6.45) is 1.57. The second-order valence-electron chi connectivity index (χ2n) is 2.93. The van der Waals surface area contributed by atoms with E-state index in [1.807, 2.05) is 31.2 Å². The van der Waals surface area contributed by atoms with E-state index in [1.54, 1.807) is 6.20 Å². The van der Waals surface area contributed by atoms with Gasteiger partial charge in [0.1, 0.15) is 0 Å². The van der Waals surface area contributed by atoms with Crippen LogP contribution in [0.4, 0.5) is 0 Å². The molecule has 2 aromatic rings. The highest BCUT2D eigenvalue weighted by Crippen LogP contribution is 2.15. The Bertz CT molecular complexity index is 477. The molecule has 0 aliphatic rings. The molecule has 1 nitrogen and oxygen atoms in total. The molecule has 0 atom stereocenters. The van der Waals surface area contributed by atoms with Gasteiger partial charge in [0.2, 0.25) is 0 Å². The van der Waals surface area contributed by atoms with Crippen molar-refractivity contribution in [2.75, 3.05) is 0 Å². The van der Waals surface area contributed by atoms with Gasteiger partial charge in [-0.1, -0.05) is 35.9 Å². The molecule has 0 bridgehead atoms. The molecule has 0 aliphatic heterocycles. The van der Waals surface area contributed by atoms with E-state index in [9.17, 15) is 0 Å². The van der Waals surface area contributed by atoms with Gasteiger partial charge in [-0.15, -0.1) is 0 Å². The van der Waals surface area contributed by atoms with Gasteiger partial charge >= 0.3 is 0 Å². The number of pyridine rings is 1. The van der Waals surface area contributed by atoms with Crippen molar-refractivity contribution in [1.29, 1.82) is 0 Å². The molecule has 0 amide bonds. The lowest BCUT2D eigenvalue weighted by molar-refractivity contribution is 1.32. The van der Waals surface area contributed by atoms with Crippen molar-refractivity contribution in [3.05, 3.63) is 54.2 Å². The van der Waals surface area contributed by atoms with E-state index in [0.29, 0.717) is 5.69 Å². The summed E-state index contributed by atoms with van der Waals surface area (Å²) in [7, 11) is 0. The van der Waals surface area contributed by atoms with E-state index in [2.05, 4.69) is 4.98 Å². The number of nitrogens with zero attached hydrogens (tertiary/aromatic N) is 1. The van der Waals surface area contributed by atoms with Crippen LogP contribution in [0.25, 0.3) is 11.3 Å². The van der Waals surface area contributed by atoms with Crippen molar-refractivity contribution in [3.63, 3.8) is 0 Å². The fraction of sp³-hybridized carbons (Fsp3) is 0.0833. The second-order valence-corrected chi connectivity index (χ2v) is 2.93. The zero-order chi connectivity index (χ0) is 10.8. The third-order valence-corrected chi connectivity index (χ3v) is 1.88. The Kier molecular flexibility index (Phi) is 1.55. The number of hydrogen-bond donors (Lipinski definition) is 0. The lowest BCUT2D eigenvalue weighted by Gasteiger charge is -1.99. The Morgan fingerprint density at radius 1 is 1.23 bits per heavy atom. The molecular weight excluding hydrogens is 158 g/mol. The van der Waals surface area contributed by atoms with Gasteiger partial charge in [0.05, 0.1) is 8.44 Å². The van der Waals surface area contributed by atoms with Crippen molar-refractivity contribution in [2.45, 2.75) is 6.92 Å². The Labute approximate surface area is 80.9 Å². The summed E-state index contributed by atoms with van der Waals surface area (Å²) in [5.74, 6) is 0. The number of aryl methyl sites for hydroxylation is 1. The molecule has 1 heteroatoms. The van der Waals surface area contributed by atoms with E-state index in [4.69, 9.17) is 2.74 Å². The van der Waals surface area contributed by atoms with Crippen LogP contribution in [0, 0.1) is 6.92 Å². The lowest BCUT2D eigenvalue weighted by atomic mass is 10.1. The molecule has 13 heavy (non-hydrogen) atoms. The van der Waals surface area contributed by atoms with Crippen molar-refractivity contribution < 1.29 is 2.74 Å². The molecule has 0 aliphatic carbocycles. The normalized spacial score (nSPS) is 12.1. The zero-order valence-corrected chi connectivity index (χ0v) is 7.41. The van der Waals surface area contributed by atoms with Crippen LogP contribution in [0.5, 0.6) is 0 Å². The molecule has 64 valence electrons. The quantitative estimate of drug-likeness (QED) is 0.642. The first kappa shape index (κ1) is 5.92. The highest BCUT2D eigenvalue weighted by molar-refractivity contribution is 5.58. The number of benzene rings is 1. The van der Waals surface area contributed by atoms with Crippen LogP contribution in [-0.2, 0) is 0 Å². The first-order valence-corrected chi connectivity index (χ1v) is 4.18. The van der Waals surface area contributed by atoms with Crippen LogP contribution in [0.1, 0.15) is 8.30 Å². The Morgan fingerprint density at radius 3 is 2.77 bits per heavy atom. The predicted octanol–water partition coefficient (Wildman–Crippen LogP) is 3.06. The maximum atomic E-state index is 7.74. The van der Waals surface area contributed by atoms with Gasteiger partial charge in [-0.05, 0) is 19.0 Å². The molecule has 1 aromatic carbocycles. The fourth-order valence-corrected chi connectivity index (χ4v) is 1.15. The van der Waals surface area contributed by atoms with Crippen LogP contribution in [0.15, 0.2) is 48.6 Å². The summed E-state index contributed by atoms with van der Waals surface area (Å²) in [6, 6.07) is 9.73. The molecule has 0 spiro atoms. The molecule has 0 N–H and O–H groups in total. The topological polar surface area (TPSA) is 12.9 Å². The monoisotopic (exact) mass is 171 g/mol. The summed E-state index contributed by atoms with van der Waals surface area (Å²) >= 11 is 0. The molecule has 0 fully saturated rings. The average Bonchev–Trinajstić information content (AvgIpc) is 2.24. The first-order chi connectivity index (χ1) is 7.18. The standard InChI is InChI=1S/C12H11N/c1-10-5-7-11(8-6-10)12-4-2-3-9-13-12/h2-9H,1H3/i2D,4D. The Balaban J connectivity index is 2.54. The second kappa shape index (κ2) is 3.40. The Morgan fingerprint density at radius 2 is 2.00 bits per heavy atom. The van der Waals surface area contributed by atoms with Crippen LogP contribution in [0.3, 0.4) is 0 Å². The summed E-state index contributed by atoms with van der Waals surface area (Å²) in [4.78, 5) is 4.13. The third kappa shape index (κ3) is 1.75. The molecular formula is C12H11N. The van der Waals surface area contributed by atoms with Gasteiger partial charge in [0, 0.05) is 11.8 Å². The summed E-state index contributed by atoms with van der Waals surface area (Å²) in [5, 5.41) is 0. The van der Waals surface area contributed by atoms with Gasteiger partial charge in [-0.2, -0.15) is 0 Å². The van der Waals surface area contributed by atoms with E-state index >= 15 is 0 Å². The van der Waals surface area contributed by atoms with E-state index < -0.39 is 0 Å². The average molecular weight is 171 g/mol. The largest absolute Gasteiger partial charge is 0.256 e. The molecule has 0 unspecified atom stereocenters. The minimum absolute atomic E-state index is 0.182. The van der Waals surface area contributed by atoms with E-state index in [0.717, 1.165) is 5.56 Å². The van der Waals surface area contributed by atoms with Gasteiger partial charge < -0.3 is 0 Å². The zero-order valence-electron chi connectivity index (χ0n) is 9.41. The Hall–Kier alpha value is -1.63. The van der Waals surface area contributed by atoms with E-state index in [1.165, 1.54) is 11.6 Å². The summed E-state index contributed by atoms with van der Waals surface area (Å²) in [6.45, 7) is 2.01. The molecule has 1 heterocycles. The highest BCUT2D eigenvalue weighted by Gasteiger charge is 1.95. The van der Waals surface area contributed by atoms with E-state index in [-0.39, 0.29) is 12.1 Å². The van der Waals surface area contributed by atoms with Crippen molar-refractivity contribution in [1.82, 2.24) is 4.98 Å². The van der Waals surface area contributed by atoms with Crippen molar-refractivity contribution in [2.24, 2.45) is 0 Å². The molecule has 2 rings (SSSR count). The van der Waals surface area contributed by atoms with Crippen molar-refractivity contribution in [3.8, 4) is 11.3 Å². The fourth-order valence-electron chi connectivity index (χ4n) is 1.15. The summed E-state index contributed by atoms with van der Waals surface area (Å²) in [5.41, 5.74) is 2.63. The SMILES string of the molecule is [2H]c1ccnc(-c2ccc(C)cc2)c1[2H]. The van der Waals surface area contributed by atoms with Crippen LogP contribution < -0.4 is 0 Å². The van der Waals surface area contributed by atoms with Crippen LogP contribution in [-0.4, -0.2) is 4.98 Å². The lowest BCUT2D eigenvalue weighted by Crippen LogP contribution is -1.81. The number of rotatable bonds is 1. The minimum Gasteiger partial charge on any atom is -0.256 e. The number of hydrogen-bond acceptors (Lipinski definition) is 1. The van der Waals surface area contributed by atoms with Gasteiger partial charge in [0.15, 0.2) is 0 Å². The molecule has 0 saturated heterocycles. The van der Waals surface area contributed by atoms with Crippen LogP contribution in [0.2, 0.25) is 0 Å². The minimum atomic E-state index is 0.182. The van der Waals surface area contributed by atoms with Gasteiger partial charge in [-0.3, -0.25) is 4.98 Å². The summed E-state index contributed by atoms with van der Waals surface area (Å²) < 4.78 is 15.3. The van der Waals surface area contributed by atoms with Gasteiger partial charge in [0.25, 0.3) is 0 Å². The maximum absolute atomic E-state index is 7.74. The molecule has 0 saturated carbocycles. The first-order valence-electron chi connectivity index (χ1n) is 5.18.